The summed E-state index contributed by atoms with van der Waals surface area (Å²) in [6.07, 6.45) is 0. The van der Waals surface area contributed by atoms with Gasteiger partial charge in [-0.3, -0.25) is 0 Å². The molecule has 0 radical (unpaired) electrons. The molecule has 1 aromatic carbocycles. The molecule has 0 fully saturated rings. The van der Waals surface area contributed by atoms with Crippen LogP contribution in [0.4, 0.5) is 0 Å². The minimum absolute atomic E-state index is 0.260. The molecule has 0 bridgehead atoms. The first kappa shape index (κ1) is 13.3. The quantitative estimate of drug-likeness (QED) is 0.942. The van der Waals surface area contributed by atoms with Gasteiger partial charge in [-0.15, -0.1) is 5.10 Å². The van der Waals surface area contributed by atoms with Crippen LogP contribution in [0.2, 0.25) is 10.0 Å². The lowest BCUT2D eigenvalue weighted by molar-refractivity contribution is 0.714. The summed E-state index contributed by atoms with van der Waals surface area (Å²) >= 11 is 12.0. The normalized spacial score (nSPS) is 11.2. The maximum absolute atomic E-state index is 6.00. The summed E-state index contributed by atoms with van der Waals surface area (Å²) in [5.74, 6) is 0.260. The predicted molar refractivity (Wildman–Crippen MR) is 73.4 cm³/mol. The standard InChI is InChI=1S/C12H14Cl2N4/c1-7(2)12-11(6-15)16-17-18(12)10-4-8(13)3-9(14)5-10/h3-5,7H,6,15H2,1-2H3. The third kappa shape index (κ3) is 2.51. The first-order chi connectivity index (χ1) is 8.52. The van der Waals surface area contributed by atoms with E-state index in [0.717, 1.165) is 17.1 Å². The van der Waals surface area contributed by atoms with E-state index in [1.807, 2.05) is 0 Å². The van der Waals surface area contributed by atoms with E-state index in [4.69, 9.17) is 28.9 Å². The highest BCUT2D eigenvalue weighted by molar-refractivity contribution is 6.34. The Hall–Kier alpha value is -1.10. The van der Waals surface area contributed by atoms with E-state index in [1.165, 1.54) is 0 Å². The fourth-order valence-corrected chi connectivity index (χ4v) is 2.41. The smallest absolute Gasteiger partial charge is 0.100 e. The van der Waals surface area contributed by atoms with Crippen LogP contribution in [-0.2, 0) is 6.54 Å². The minimum Gasteiger partial charge on any atom is -0.325 e. The SMILES string of the molecule is CC(C)c1c(CN)nnn1-c1cc(Cl)cc(Cl)c1. The van der Waals surface area contributed by atoms with Crippen LogP contribution in [0.25, 0.3) is 5.69 Å². The Labute approximate surface area is 116 Å². The second-order valence-corrected chi connectivity index (χ2v) is 5.19. The molecule has 4 nitrogen and oxygen atoms in total. The molecule has 0 saturated carbocycles. The van der Waals surface area contributed by atoms with Crippen molar-refractivity contribution >= 4 is 23.2 Å². The molecule has 0 aliphatic carbocycles. The Morgan fingerprint density at radius 2 is 1.83 bits per heavy atom. The summed E-state index contributed by atoms with van der Waals surface area (Å²) in [4.78, 5) is 0. The number of benzene rings is 1. The van der Waals surface area contributed by atoms with Gasteiger partial charge in [-0.25, -0.2) is 4.68 Å². The molecule has 0 unspecified atom stereocenters. The Morgan fingerprint density at radius 3 is 2.33 bits per heavy atom. The Morgan fingerprint density at radius 1 is 1.22 bits per heavy atom. The highest BCUT2D eigenvalue weighted by atomic mass is 35.5. The van der Waals surface area contributed by atoms with Crippen molar-refractivity contribution in [3.8, 4) is 5.69 Å². The Balaban J connectivity index is 2.60. The van der Waals surface area contributed by atoms with Crippen LogP contribution in [0.5, 0.6) is 0 Å². The van der Waals surface area contributed by atoms with Crippen molar-refractivity contribution in [3.05, 3.63) is 39.6 Å². The van der Waals surface area contributed by atoms with Gasteiger partial charge in [-0.05, 0) is 24.1 Å². The summed E-state index contributed by atoms with van der Waals surface area (Å²) in [5.41, 5.74) is 8.24. The van der Waals surface area contributed by atoms with Crippen LogP contribution < -0.4 is 5.73 Å². The van der Waals surface area contributed by atoms with Crippen LogP contribution in [0.15, 0.2) is 18.2 Å². The van der Waals surface area contributed by atoms with Crippen molar-refractivity contribution in [2.45, 2.75) is 26.3 Å². The van der Waals surface area contributed by atoms with Gasteiger partial charge >= 0.3 is 0 Å². The lowest BCUT2D eigenvalue weighted by Crippen LogP contribution is -2.07. The molecule has 0 atom stereocenters. The van der Waals surface area contributed by atoms with Crippen LogP contribution in [-0.4, -0.2) is 15.0 Å². The maximum Gasteiger partial charge on any atom is 0.100 e. The van der Waals surface area contributed by atoms with E-state index in [0.29, 0.717) is 16.6 Å². The van der Waals surface area contributed by atoms with E-state index in [1.54, 1.807) is 22.9 Å². The van der Waals surface area contributed by atoms with Crippen LogP contribution in [0.3, 0.4) is 0 Å². The molecular weight excluding hydrogens is 271 g/mol. The lowest BCUT2D eigenvalue weighted by atomic mass is 10.1. The van der Waals surface area contributed by atoms with Gasteiger partial charge in [-0.2, -0.15) is 0 Å². The zero-order valence-corrected chi connectivity index (χ0v) is 11.7. The molecule has 2 aromatic rings. The van der Waals surface area contributed by atoms with Gasteiger partial charge in [0, 0.05) is 16.6 Å². The first-order valence-corrected chi connectivity index (χ1v) is 6.39. The summed E-state index contributed by atoms with van der Waals surface area (Å²) in [6, 6.07) is 5.28. The van der Waals surface area contributed by atoms with Gasteiger partial charge in [0.1, 0.15) is 5.69 Å². The fraction of sp³-hybridized carbons (Fsp3) is 0.333. The summed E-state index contributed by atoms with van der Waals surface area (Å²) < 4.78 is 1.74. The summed E-state index contributed by atoms with van der Waals surface area (Å²) in [6.45, 7) is 4.50. The second kappa shape index (κ2) is 5.26. The van der Waals surface area contributed by atoms with Gasteiger partial charge in [-0.1, -0.05) is 42.3 Å². The number of hydrogen-bond donors (Lipinski definition) is 1. The second-order valence-electron chi connectivity index (χ2n) is 4.32. The molecule has 96 valence electrons. The molecule has 2 N–H and O–H groups in total. The van der Waals surface area contributed by atoms with Crippen molar-refractivity contribution in [3.63, 3.8) is 0 Å². The predicted octanol–water partition coefficient (Wildman–Crippen LogP) is 3.16. The molecule has 0 aliphatic heterocycles. The van der Waals surface area contributed by atoms with E-state index in [-0.39, 0.29) is 5.92 Å². The average molecular weight is 285 g/mol. The number of nitrogens with zero attached hydrogens (tertiary/aromatic N) is 3. The fourth-order valence-electron chi connectivity index (χ4n) is 1.90. The van der Waals surface area contributed by atoms with Gasteiger partial charge in [0.05, 0.1) is 11.4 Å². The molecule has 2 rings (SSSR count). The summed E-state index contributed by atoms with van der Waals surface area (Å²) in [5, 5.41) is 9.36. The first-order valence-electron chi connectivity index (χ1n) is 5.64. The minimum atomic E-state index is 0.260. The lowest BCUT2D eigenvalue weighted by Gasteiger charge is -2.11. The maximum atomic E-state index is 6.00. The third-order valence-corrected chi connectivity index (χ3v) is 3.05. The van der Waals surface area contributed by atoms with Crippen molar-refractivity contribution in [2.75, 3.05) is 0 Å². The van der Waals surface area contributed by atoms with Gasteiger partial charge in [0.2, 0.25) is 0 Å². The Kier molecular flexibility index (Phi) is 3.90. The molecule has 1 heterocycles. The topological polar surface area (TPSA) is 56.7 Å². The van der Waals surface area contributed by atoms with E-state index < -0.39 is 0 Å². The van der Waals surface area contributed by atoms with Crippen molar-refractivity contribution in [1.29, 1.82) is 0 Å². The van der Waals surface area contributed by atoms with Crippen LogP contribution >= 0.6 is 23.2 Å². The monoisotopic (exact) mass is 284 g/mol. The molecule has 0 spiro atoms. The number of halogens is 2. The van der Waals surface area contributed by atoms with Crippen LogP contribution in [0, 0.1) is 0 Å². The van der Waals surface area contributed by atoms with Crippen molar-refractivity contribution < 1.29 is 0 Å². The third-order valence-electron chi connectivity index (χ3n) is 2.61. The molecular formula is C12H14Cl2N4. The summed E-state index contributed by atoms with van der Waals surface area (Å²) in [7, 11) is 0. The van der Waals surface area contributed by atoms with Gasteiger partial charge < -0.3 is 5.73 Å². The molecule has 6 heteroatoms. The van der Waals surface area contributed by atoms with Crippen LogP contribution in [0.1, 0.15) is 31.2 Å². The zero-order chi connectivity index (χ0) is 13.3. The number of nitrogens with two attached hydrogens (primary N) is 1. The molecule has 0 amide bonds. The molecule has 18 heavy (non-hydrogen) atoms. The largest absolute Gasteiger partial charge is 0.325 e. The van der Waals surface area contributed by atoms with Crippen molar-refractivity contribution in [2.24, 2.45) is 5.73 Å². The number of aromatic nitrogens is 3. The van der Waals surface area contributed by atoms with E-state index in [9.17, 15) is 0 Å². The van der Waals surface area contributed by atoms with Crippen molar-refractivity contribution in [1.82, 2.24) is 15.0 Å². The molecule has 1 aromatic heterocycles. The average Bonchev–Trinajstić information content (AvgIpc) is 2.71. The molecule has 0 aliphatic rings. The highest BCUT2D eigenvalue weighted by Crippen LogP contribution is 2.25. The van der Waals surface area contributed by atoms with Gasteiger partial charge in [0.25, 0.3) is 0 Å². The number of hydrogen-bond acceptors (Lipinski definition) is 3. The number of rotatable bonds is 3. The van der Waals surface area contributed by atoms with E-state index in [2.05, 4.69) is 24.2 Å². The van der Waals surface area contributed by atoms with Gasteiger partial charge in [0.15, 0.2) is 0 Å². The van der Waals surface area contributed by atoms with E-state index >= 15 is 0 Å². The highest BCUT2D eigenvalue weighted by Gasteiger charge is 2.16. The Bertz CT molecular complexity index is 543. The molecule has 0 saturated heterocycles. The zero-order valence-electron chi connectivity index (χ0n) is 10.2.